The number of nitrogens with two attached hydrogens (primary N) is 1. The van der Waals surface area contributed by atoms with Gasteiger partial charge in [-0.25, -0.2) is 9.50 Å². The topological polar surface area (TPSA) is 100 Å². The van der Waals surface area contributed by atoms with Crippen molar-refractivity contribution in [3.05, 3.63) is 108 Å². The second kappa shape index (κ2) is 9.21. The van der Waals surface area contributed by atoms with Gasteiger partial charge in [0, 0.05) is 37.1 Å². The number of benzene rings is 2. The van der Waals surface area contributed by atoms with E-state index < -0.39 is 0 Å². The molecule has 170 valence electrons. The molecule has 0 saturated heterocycles. The molecule has 5 rings (SSSR count). The summed E-state index contributed by atoms with van der Waals surface area (Å²) in [6, 6.07) is 25.3. The Hall–Kier alpha value is -4.80. The number of rotatable bonds is 5. The molecular weight excluding hydrogens is 436 g/mol. The first-order valence-corrected chi connectivity index (χ1v) is 11.1. The Morgan fingerprint density at radius 3 is 2.46 bits per heavy atom. The third kappa shape index (κ3) is 4.14. The molecule has 2 N–H and O–H groups in total. The van der Waals surface area contributed by atoms with Crippen molar-refractivity contribution in [2.45, 2.75) is 6.54 Å². The Kier molecular flexibility index (Phi) is 5.80. The third-order valence-corrected chi connectivity index (χ3v) is 6.01. The largest absolute Gasteiger partial charge is 0.326 e. The molecule has 0 bridgehead atoms. The van der Waals surface area contributed by atoms with Gasteiger partial charge >= 0.3 is 0 Å². The molecule has 0 atom stereocenters. The summed E-state index contributed by atoms with van der Waals surface area (Å²) >= 11 is 0. The predicted molar refractivity (Wildman–Crippen MR) is 136 cm³/mol. The van der Waals surface area contributed by atoms with Gasteiger partial charge in [-0.05, 0) is 46.5 Å². The van der Waals surface area contributed by atoms with Crippen LogP contribution >= 0.6 is 0 Å². The number of nitriles is 1. The number of fused-ring (bicyclic) bond motifs is 1. The first-order valence-electron chi connectivity index (χ1n) is 11.1. The van der Waals surface area contributed by atoms with Gasteiger partial charge in [0.15, 0.2) is 0 Å². The van der Waals surface area contributed by atoms with Crippen molar-refractivity contribution in [2.75, 3.05) is 11.9 Å². The number of anilines is 1. The van der Waals surface area contributed by atoms with E-state index in [-0.39, 0.29) is 5.91 Å². The summed E-state index contributed by atoms with van der Waals surface area (Å²) in [5.74, 6) is 0.261. The lowest BCUT2D eigenvalue weighted by Crippen LogP contribution is -2.27. The van der Waals surface area contributed by atoms with Crippen molar-refractivity contribution >= 4 is 17.2 Å². The molecule has 7 heteroatoms. The van der Waals surface area contributed by atoms with Crippen LogP contribution in [0, 0.1) is 11.3 Å². The summed E-state index contributed by atoms with van der Waals surface area (Å²) in [6.07, 6.45) is 5.06. The van der Waals surface area contributed by atoms with E-state index in [1.165, 1.54) is 11.1 Å². The first kappa shape index (κ1) is 22.0. The van der Waals surface area contributed by atoms with Gasteiger partial charge in [-0.2, -0.15) is 10.4 Å². The molecule has 35 heavy (non-hydrogen) atoms. The Morgan fingerprint density at radius 1 is 1.00 bits per heavy atom. The predicted octanol–water partition coefficient (Wildman–Crippen LogP) is 4.67. The molecule has 3 aromatic heterocycles. The van der Waals surface area contributed by atoms with Gasteiger partial charge in [-0.3, -0.25) is 9.69 Å². The third-order valence-electron chi connectivity index (χ3n) is 6.01. The zero-order chi connectivity index (χ0) is 24.4. The minimum Gasteiger partial charge on any atom is -0.326 e. The lowest BCUT2D eigenvalue weighted by molar-refractivity contribution is 0.0992. The first-order chi connectivity index (χ1) is 17.1. The maximum atomic E-state index is 13.2. The summed E-state index contributed by atoms with van der Waals surface area (Å²) in [4.78, 5) is 18.9. The van der Waals surface area contributed by atoms with Crippen LogP contribution < -0.4 is 10.6 Å². The molecule has 0 saturated carbocycles. The molecule has 0 radical (unpaired) electrons. The average Bonchev–Trinajstić information content (AvgIpc) is 3.35. The Bertz CT molecular complexity index is 1560. The fourth-order valence-electron chi connectivity index (χ4n) is 4.06. The van der Waals surface area contributed by atoms with Gasteiger partial charge in [0.25, 0.3) is 5.91 Å². The van der Waals surface area contributed by atoms with Crippen molar-refractivity contribution in [3.8, 4) is 28.3 Å². The van der Waals surface area contributed by atoms with E-state index in [1.54, 1.807) is 36.0 Å². The molecule has 3 heterocycles. The number of aromatic nitrogens is 3. The summed E-state index contributed by atoms with van der Waals surface area (Å²) in [7, 11) is 1.67. The fraction of sp³-hybridized carbons (Fsp3) is 0.0714. The summed E-state index contributed by atoms with van der Waals surface area (Å²) < 4.78 is 1.76. The van der Waals surface area contributed by atoms with Crippen LogP contribution in [0.1, 0.15) is 21.5 Å². The second-order valence-electron chi connectivity index (χ2n) is 8.13. The van der Waals surface area contributed by atoms with Crippen LogP contribution in [0.3, 0.4) is 0 Å². The number of pyridine rings is 2. The van der Waals surface area contributed by atoms with E-state index in [1.807, 2.05) is 42.6 Å². The smallest absolute Gasteiger partial charge is 0.259 e. The Balaban J connectivity index is 1.54. The molecule has 0 aliphatic carbocycles. The van der Waals surface area contributed by atoms with E-state index >= 15 is 0 Å². The molecule has 0 aliphatic rings. The van der Waals surface area contributed by atoms with E-state index in [4.69, 9.17) is 11.0 Å². The van der Waals surface area contributed by atoms with Crippen molar-refractivity contribution in [2.24, 2.45) is 5.73 Å². The number of amides is 1. The maximum absolute atomic E-state index is 13.2. The van der Waals surface area contributed by atoms with Crippen molar-refractivity contribution in [1.82, 2.24) is 14.6 Å². The minimum absolute atomic E-state index is 0.206. The Morgan fingerprint density at radius 2 is 1.77 bits per heavy atom. The zero-order valence-electron chi connectivity index (χ0n) is 19.1. The van der Waals surface area contributed by atoms with Gasteiger partial charge in [-0.1, -0.05) is 48.5 Å². The molecule has 0 fully saturated rings. The van der Waals surface area contributed by atoms with Crippen LogP contribution in [0.25, 0.3) is 27.8 Å². The van der Waals surface area contributed by atoms with Crippen LogP contribution in [-0.2, 0) is 6.54 Å². The van der Waals surface area contributed by atoms with Gasteiger partial charge in [0.05, 0.1) is 17.3 Å². The van der Waals surface area contributed by atoms with Crippen molar-refractivity contribution in [1.29, 1.82) is 5.26 Å². The minimum atomic E-state index is -0.206. The number of carbonyl (C=O) groups is 1. The van der Waals surface area contributed by atoms with Crippen LogP contribution in [0.15, 0.2) is 91.4 Å². The number of carbonyl (C=O) groups excluding carboxylic acids is 1. The number of nitrogens with zero attached hydrogens (tertiary/aromatic N) is 5. The standard InChI is InChI=1S/C28H22N6O/c1-33(27-11-8-20(16-30)17-31-27)28(35)22-12-13-34-26(14-22)25(18-32-34)24-5-3-2-4-23(24)21-9-6-19(15-29)7-10-21/h2-14,17-18H,15,29H2,1H3. The molecule has 2 aromatic carbocycles. The molecule has 0 unspecified atom stereocenters. The molecule has 7 nitrogen and oxygen atoms in total. The monoisotopic (exact) mass is 458 g/mol. The summed E-state index contributed by atoms with van der Waals surface area (Å²) in [5.41, 5.74) is 12.7. The van der Waals surface area contributed by atoms with Gasteiger partial charge in [-0.15, -0.1) is 0 Å². The van der Waals surface area contributed by atoms with E-state index in [0.717, 1.165) is 33.3 Å². The molecular formula is C28H22N6O. The average molecular weight is 459 g/mol. The maximum Gasteiger partial charge on any atom is 0.259 e. The van der Waals surface area contributed by atoms with Gasteiger partial charge in [0.2, 0.25) is 0 Å². The SMILES string of the molecule is CN(C(=O)c1ccn2ncc(-c3ccccc3-c3ccc(CN)cc3)c2c1)c1ccc(C#N)cn1. The highest BCUT2D eigenvalue weighted by molar-refractivity contribution is 6.06. The fourth-order valence-corrected chi connectivity index (χ4v) is 4.06. The molecule has 0 spiro atoms. The van der Waals surface area contributed by atoms with Gasteiger partial charge < -0.3 is 5.73 Å². The van der Waals surface area contributed by atoms with Crippen molar-refractivity contribution in [3.63, 3.8) is 0 Å². The van der Waals surface area contributed by atoms with E-state index in [2.05, 4.69) is 34.3 Å². The summed E-state index contributed by atoms with van der Waals surface area (Å²) in [5, 5.41) is 13.5. The van der Waals surface area contributed by atoms with Crippen molar-refractivity contribution < 1.29 is 4.79 Å². The van der Waals surface area contributed by atoms with Crippen LogP contribution in [0.4, 0.5) is 5.82 Å². The van der Waals surface area contributed by atoms with Crippen LogP contribution in [-0.4, -0.2) is 27.6 Å². The zero-order valence-corrected chi connectivity index (χ0v) is 19.1. The van der Waals surface area contributed by atoms with Crippen LogP contribution in [0.5, 0.6) is 0 Å². The summed E-state index contributed by atoms with van der Waals surface area (Å²) in [6.45, 7) is 0.499. The quantitative estimate of drug-likeness (QED) is 0.412. The normalized spacial score (nSPS) is 10.8. The molecule has 1 amide bonds. The lowest BCUT2D eigenvalue weighted by atomic mass is 9.94. The number of hydrogen-bond donors (Lipinski definition) is 1. The molecule has 5 aromatic rings. The molecule has 0 aliphatic heterocycles. The Labute approximate surface area is 202 Å². The van der Waals surface area contributed by atoms with Gasteiger partial charge in [0.1, 0.15) is 11.9 Å². The highest BCUT2D eigenvalue weighted by Gasteiger charge is 2.18. The number of hydrogen-bond acceptors (Lipinski definition) is 5. The highest BCUT2D eigenvalue weighted by atomic mass is 16.2. The van der Waals surface area contributed by atoms with E-state index in [0.29, 0.717) is 23.5 Å². The second-order valence-corrected chi connectivity index (χ2v) is 8.13. The van der Waals surface area contributed by atoms with Crippen LogP contribution in [0.2, 0.25) is 0 Å². The lowest BCUT2D eigenvalue weighted by Gasteiger charge is -2.16. The van der Waals surface area contributed by atoms with E-state index in [9.17, 15) is 4.79 Å². The highest BCUT2D eigenvalue weighted by Crippen LogP contribution is 2.34.